The van der Waals surface area contributed by atoms with Crippen molar-refractivity contribution in [1.29, 1.82) is 0 Å². The summed E-state index contributed by atoms with van der Waals surface area (Å²) in [5, 5.41) is 6.77. The molecule has 0 amide bonds. The van der Waals surface area contributed by atoms with E-state index in [-0.39, 0.29) is 24.0 Å². The van der Waals surface area contributed by atoms with E-state index in [1.165, 1.54) is 11.1 Å². The van der Waals surface area contributed by atoms with Crippen molar-refractivity contribution in [2.45, 2.75) is 39.5 Å². The molecule has 0 saturated carbocycles. The van der Waals surface area contributed by atoms with Crippen molar-refractivity contribution in [1.82, 2.24) is 15.5 Å². The van der Waals surface area contributed by atoms with Gasteiger partial charge in [-0.1, -0.05) is 30.3 Å². The predicted molar refractivity (Wildman–Crippen MR) is 128 cm³/mol. The minimum absolute atomic E-state index is 0. The molecule has 0 fully saturated rings. The number of aliphatic imine (C=N–C) groups is 1. The Bertz CT molecular complexity index is 826. The van der Waals surface area contributed by atoms with Gasteiger partial charge in [-0.3, -0.25) is 9.89 Å². The Morgan fingerprint density at radius 2 is 1.72 bits per heavy atom. The largest absolute Gasteiger partial charge is 0.454 e. The van der Waals surface area contributed by atoms with Gasteiger partial charge in [0, 0.05) is 32.7 Å². The number of fused-ring (bicyclic) bond motifs is 1. The lowest BCUT2D eigenvalue weighted by atomic mass is 10.1. The number of ether oxygens (including phenoxy) is 2. The summed E-state index contributed by atoms with van der Waals surface area (Å²) in [6, 6.07) is 15.0. The molecule has 2 aromatic rings. The van der Waals surface area contributed by atoms with Gasteiger partial charge < -0.3 is 20.1 Å². The molecule has 1 aliphatic rings. The van der Waals surface area contributed by atoms with E-state index in [0.29, 0.717) is 19.4 Å². The van der Waals surface area contributed by atoms with Crippen molar-refractivity contribution in [3.8, 4) is 11.5 Å². The maximum absolute atomic E-state index is 5.44. The van der Waals surface area contributed by atoms with Crippen molar-refractivity contribution >= 4 is 29.9 Å². The Kier molecular flexibility index (Phi) is 9.03. The van der Waals surface area contributed by atoms with E-state index in [1.807, 2.05) is 18.2 Å². The third-order valence-corrected chi connectivity index (χ3v) is 4.99. The average molecular weight is 510 g/mol. The molecule has 0 spiro atoms. The first-order valence-corrected chi connectivity index (χ1v) is 9.67. The van der Waals surface area contributed by atoms with Crippen LogP contribution in [-0.2, 0) is 19.6 Å². The second-order valence-electron chi connectivity index (χ2n) is 7.24. The van der Waals surface area contributed by atoms with Crippen molar-refractivity contribution in [2.24, 2.45) is 4.99 Å². The van der Waals surface area contributed by atoms with Crippen LogP contribution >= 0.6 is 24.0 Å². The lowest BCUT2D eigenvalue weighted by Gasteiger charge is -2.23. The third kappa shape index (κ3) is 6.50. The molecule has 29 heavy (non-hydrogen) atoms. The van der Waals surface area contributed by atoms with Gasteiger partial charge in [-0.25, -0.2) is 0 Å². The van der Waals surface area contributed by atoms with Gasteiger partial charge in [-0.2, -0.15) is 0 Å². The lowest BCUT2D eigenvalue weighted by molar-refractivity contribution is 0.174. The second-order valence-corrected chi connectivity index (χ2v) is 7.24. The fourth-order valence-corrected chi connectivity index (χ4v) is 2.97. The van der Waals surface area contributed by atoms with Gasteiger partial charge >= 0.3 is 0 Å². The van der Waals surface area contributed by atoms with Crippen molar-refractivity contribution < 1.29 is 9.47 Å². The van der Waals surface area contributed by atoms with E-state index in [1.54, 1.807) is 7.05 Å². The van der Waals surface area contributed by atoms with Gasteiger partial charge in [0.2, 0.25) is 6.79 Å². The Hall–Kier alpha value is -2.00. The van der Waals surface area contributed by atoms with Crippen molar-refractivity contribution in [3.05, 3.63) is 59.2 Å². The highest BCUT2D eigenvalue weighted by Gasteiger charge is 2.13. The van der Waals surface area contributed by atoms with Crippen LogP contribution in [0.5, 0.6) is 11.5 Å². The summed E-state index contributed by atoms with van der Waals surface area (Å²) in [5.41, 5.74) is 3.73. The Morgan fingerprint density at radius 3 is 2.45 bits per heavy atom. The molecular formula is C22H31IN4O2. The Morgan fingerprint density at radius 1 is 1.03 bits per heavy atom. The van der Waals surface area contributed by atoms with Gasteiger partial charge in [0.25, 0.3) is 0 Å². The van der Waals surface area contributed by atoms with E-state index < -0.39 is 0 Å². The minimum Gasteiger partial charge on any atom is -0.454 e. The highest BCUT2D eigenvalue weighted by molar-refractivity contribution is 14.0. The van der Waals surface area contributed by atoms with Crippen LogP contribution in [0, 0.1) is 0 Å². The molecular weight excluding hydrogens is 479 g/mol. The van der Waals surface area contributed by atoms with Crippen LogP contribution in [-0.4, -0.2) is 37.8 Å². The first-order chi connectivity index (χ1) is 13.6. The summed E-state index contributed by atoms with van der Waals surface area (Å²) in [4.78, 5) is 6.68. The molecule has 0 atom stereocenters. The normalized spacial score (nSPS) is 12.8. The summed E-state index contributed by atoms with van der Waals surface area (Å²) in [6.45, 7) is 7.03. The topological polar surface area (TPSA) is 58.1 Å². The molecule has 0 aromatic heterocycles. The lowest BCUT2D eigenvalue weighted by Crippen LogP contribution is -2.36. The number of hydrogen-bond donors (Lipinski definition) is 2. The summed E-state index contributed by atoms with van der Waals surface area (Å²) >= 11 is 0. The molecule has 0 saturated heterocycles. The molecule has 1 heterocycles. The summed E-state index contributed by atoms with van der Waals surface area (Å²) < 4.78 is 10.8. The molecule has 0 bridgehead atoms. The van der Waals surface area contributed by atoms with E-state index >= 15 is 0 Å². The summed E-state index contributed by atoms with van der Waals surface area (Å²) in [5.74, 6) is 2.37. The number of benzene rings is 2. The third-order valence-electron chi connectivity index (χ3n) is 4.99. The number of nitrogens with one attached hydrogen (secondary N) is 2. The molecule has 7 heteroatoms. The predicted octanol–water partition coefficient (Wildman–Crippen LogP) is 3.74. The van der Waals surface area contributed by atoms with E-state index in [0.717, 1.165) is 36.1 Å². The van der Waals surface area contributed by atoms with E-state index in [4.69, 9.17) is 9.47 Å². The van der Waals surface area contributed by atoms with Gasteiger partial charge in [0.15, 0.2) is 17.5 Å². The molecule has 0 aliphatic carbocycles. The number of halogens is 1. The summed E-state index contributed by atoms with van der Waals surface area (Å²) in [7, 11) is 3.94. The van der Waals surface area contributed by atoms with Crippen LogP contribution in [0.25, 0.3) is 0 Å². The highest BCUT2D eigenvalue weighted by Crippen LogP contribution is 2.32. The molecule has 2 N–H and O–H groups in total. The SMILES string of the molecule is CN=C(NCc1ccc2c(c1)OCO2)NCc1ccccc1CN(C)C(C)C.I. The fraction of sp³-hybridized carbons (Fsp3) is 0.409. The highest BCUT2D eigenvalue weighted by atomic mass is 127. The van der Waals surface area contributed by atoms with Crippen LogP contribution in [0.1, 0.15) is 30.5 Å². The zero-order chi connectivity index (χ0) is 19.9. The van der Waals surface area contributed by atoms with Crippen molar-refractivity contribution in [3.63, 3.8) is 0 Å². The Labute approximate surface area is 190 Å². The zero-order valence-corrected chi connectivity index (χ0v) is 19.9. The maximum atomic E-state index is 5.44. The molecule has 0 unspecified atom stereocenters. The first kappa shape index (κ1) is 23.3. The standard InChI is InChI=1S/C22H30N4O2.HI/c1-16(2)26(4)14-19-8-6-5-7-18(19)13-25-22(23-3)24-12-17-9-10-20-21(11-17)28-15-27-20;/h5-11,16H,12-15H2,1-4H3,(H2,23,24,25);1H. The number of rotatable bonds is 7. The molecule has 6 nitrogen and oxygen atoms in total. The first-order valence-electron chi connectivity index (χ1n) is 9.67. The average Bonchev–Trinajstić information content (AvgIpc) is 3.17. The van der Waals surface area contributed by atoms with Gasteiger partial charge in [0.1, 0.15) is 0 Å². The Balaban J connectivity index is 0.00000300. The molecule has 2 aromatic carbocycles. The number of guanidine groups is 1. The smallest absolute Gasteiger partial charge is 0.231 e. The zero-order valence-electron chi connectivity index (χ0n) is 17.6. The fourth-order valence-electron chi connectivity index (χ4n) is 2.97. The second kappa shape index (κ2) is 11.3. The van der Waals surface area contributed by atoms with E-state index in [2.05, 4.69) is 65.7 Å². The number of nitrogens with zero attached hydrogens (tertiary/aromatic N) is 2. The van der Waals surface area contributed by atoms with Crippen LogP contribution in [0.15, 0.2) is 47.5 Å². The quantitative estimate of drug-likeness (QED) is 0.338. The maximum Gasteiger partial charge on any atom is 0.231 e. The van der Waals surface area contributed by atoms with Crippen LogP contribution < -0.4 is 20.1 Å². The molecule has 158 valence electrons. The molecule has 0 radical (unpaired) electrons. The van der Waals surface area contributed by atoms with Gasteiger partial charge in [-0.05, 0) is 49.7 Å². The van der Waals surface area contributed by atoms with E-state index in [9.17, 15) is 0 Å². The van der Waals surface area contributed by atoms with Crippen molar-refractivity contribution in [2.75, 3.05) is 20.9 Å². The minimum atomic E-state index is 0. The van der Waals surface area contributed by atoms with Crippen LogP contribution in [0.2, 0.25) is 0 Å². The monoisotopic (exact) mass is 510 g/mol. The van der Waals surface area contributed by atoms with Gasteiger partial charge in [0.05, 0.1) is 0 Å². The van der Waals surface area contributed by atoms with Crippen LogP contribution in [0.3, 0.4) is 0 Å². The molecule has 3 rings (SSSR count). The molecule has 1 aliphatic heterocycles. The number of hydrogen-bond acceptors (Lipinski definition) is 4. The van der Waals surface area contributed by atoms with Crippen LogP contribution in [0.4, 0.5) is 0 Å². The van der Waals surface area contributed by atoms with Gasteiger partial charge in [-0.15, -0.1) is 24.0 Å². The summed E-state index contributed by atoms with van der Waals surface area (Å²) in [6.07, 6.45) is 0.